The Balaban J connectivity index is 0.00000288. The summed E-state index contributed by atoms with van der Waals surface area (Å²) in [6, 6.07) is 7.18. The van der Waals surface area contributed by atoms with Crippen LogP contribution in [-0.2, 0) is 4.79 Å². The van der Waals surface area contributed by atoms with E-state index in [1.807, 2.05) is 24.0 Å². The maximum Gasteiger partial charge on any atom is 0.255 e. The number of nitrogens with zero attached hydrogens (tertiary/aromatic N) is 1. The van der Waals surface area contributed by atoms with Gasteiger partial charge in [0, 0.05) is 39.1 Å². The van der Waals surface area contributed by atoms with Gasteiger partial charge in [-0.25, -0.2) is 0 Å². The Labute approximate surface area is 149 Å². The zero-order chi connectivity index (χ0) is 16.5. The molecule has 2 N–H and O–H groups in total. The van der Waals surface area contributed by atoms with E-state index in [0.29, 0.717) is 37.3 Å². The van der Waals surface area contributed by atoms with Gasteiger partial charge in [0.25, 0.3) is 5.91 Å². The van der Waals surface area contributed by atoms with Gasteiger partial charge in [-0.15, -0.1) is 12.4 Å². The molecule has 7 heteroatoms. The third kappa shape index (κ3) is 6.02. The van der Waals surface area contributed by atoms with Crippen LogP contribution in [0.15, 0.2) is 24.3 Å². The molecular formula is C17H26ClN3O3. The van der Waals surface area contributed by atoms with Crippen LogP contribution in [0.25, 0.3) is 0 Å². The lowest BCUT2D eigenvalue weighted by molar-refractivity contribution is -0.131. The molecule has 1 aromatic rings. The van der Waals surface area contributed by atoms with Crippen LogP contribution in [-0.4, -0.2) is 56.0 Å². The Morgan fingerprint density at radius 1 is 1.25 bits per heavy atom. The smallest absolute Gasteiger partial charge is 0.255 e. The minimum atomic E-state index is -0.163. The number of hydrogen-bond acceptors (Lipinski definition) is 4. The lowest BCUT2D eigenvalue weighted by Gasteiger charge is -2.27. The molecule has 0 aromatic heterocycles. The molecule has 1 saturated heterocycles. The molecule has 1 heterocycles. The number of hydrogen-bond donors (Lipinski definition) is 2. The van der Waals surface area contributed by atoms with Crippen molar-refractivity contribution in [1.29, 1.82) is 0 Å². The molecule has 0 bridgehead atoms. The molecule has 1 aliphatic rings. The van der Waals surface area contributed by atoms with Crippen molar-refractivity contribution >= 4 is 24.2 Å². The zero-order valence-corrected chi connectivity index (χ0v) is 14.9. The molecular weight excluding hydrogens is 330 g/mol. The summed E-state index contributed by atoms with van der Waals surface area (Å²) < 4.78 is 5.45. The number of carbonyl (C=O) groups is 2. The highest BCUT2D eigenvalue weighted by atomic mass is 35.5. The fraction of sp³-hybridized carbons (Fsp3) is 0.529. The Hall–Kier alpha value is -1.79. The van der Waals surface area contributed by atoms with Gasteiger partial charge in [0.15, 0.2) is 0 Å². The van der Waals surface area contributed by atoms with E-state index in [1.165, 1.54) is 0 Å². The predicted molar refractivity (Wildman–Crippen MR) is 95.9 cm³/mol. The van der Waals surface area contributed by atoms with Gasteiger partial charge in [-0.3, -0.25) is 9.59 Å². The number of ether oxygens (including phenoxy) is 1. The van der Waals surface area contributed by atoms with E-state index in [9.17, 15) is 9.59 Å². The Kier molecular flexibility index (Phi) is 9.19. The SMILES string of the molecule is CCOc1ccccc1C(=O)NCCCC(=O)N1CCNCC1.Cl. The molecule has 6 nitrogen and oxygen atoms in total. The first-order valence-electron chi connectivity index (χ1n) is 8.21. The lowest BCUT2D eigenvalue weighted by atomic mass is 10.2. The first-order chi connectivity index (χ1) is 11.2. The van der Waals surface area contributed by atoms with Crippen LogP contribution in [0.3, 0.4) is 0 Å². The van der Waals surface area contributed by atoms with Crippen LogP contribution in [0.4, 0.5) is 0 Å². The van der Waals surface area contributed by atoms with Gasteiger partial charge in [-0.1, -0.05) is 12.1 Å². The van der Waals surface area contributed by atoms with Crippen molar-refractivity contribution in [2.75, 3.05) is 39.3 Å². The maximum atomic E-state index is 12.2. The lowest BCUT2D eigenvalue weighted by Crippen LogP contribution is -2.46. The number of nitrogens with one attached hydrogen (secondary N) is 2. The zero-order valence-electron chi connectivity index (χ0n) is 14.0. The van der Waals surface area contributed by atoms with Crippen LogP contribution in [0.5, 0.6) is 5.75 Å². The van der Waals surface area contributed by atoms with Crippen molar-refractivity contribution in [3.8, 4) is 5.75 Å². The van der Waals surface area contributed by atoms with Gasteiger partial charge in [0.2, 0.25) is 5.91 Å². The van der Waals surface area contributed by atoms with E-state index in [4.69, 9.17) is 4.74 Å². The summed E-state index contributed by atoms with van der Waals surface area (Å²) in [6.07, 6.45) is 1.11. The molecule has 0 aliphatic carbocycles. The molecule has 0 radical (unpaired) electrons. The first kappa shape index (κ1) is 20.3. The topological polar surface area (TPSA) is 70.7 Å². The molecule has 0 unspecified atom stereocenters. The molecule has 2 amide bonds. The van der Waals surface area contributed by atoms with E-state index in [0.717, 1.165) is 26.2 Å². The fourth-order valence-corrected chi connectivity index (χ4v) is 2.54. The van der Waals surface area contributed by atoms with Crippen molar-refractivity contribution in [3.63, 3.8) is 0 Å². The molecule has 0 spiro atoms. The van der Waals surface area contributed by atoms with Gasteiger partial charge in [-0.2, -0.15) is 0 Å². The second-order valence-electron chi connectivity index (χ2n) is 5.42. The van der Waals surface area contributed by atoms with E-state index in [1.54, 1.807) is 12.1 Å². The fourth-order valence-electron chi connectivity index (χ4n) is 2.54. The summed E-state index contributed by atoms with van der Waals surface area (Å²) in [5.74, 6) is 0.587. The van der Waals surface area contributed by atoms with Crippen LogP contribution in [0, 0.1) is 0 Å². The van der Waals surface area contributed by atoms with E-state index in [2.05, 4.69) is 10.6 Å². The molecule has 1 aromatic carbocycles. The molecule has 0 atom stereocenters. The van der Waals surface area contributed by atoms with Crippen LogP contribution in [0.2, 0.25) is 0 Å². The van der Waals surface area contributed by atoms with Gasteiger partial charge < -0.3 is 20.3 Å². The number of rotatable bonds is 7. The second-order valence-corrected chi connectivity index (χ2v) is 5.42. The van der Waals surface area contributed by atoms with Crippen molar-refractivity contribution in [2.24, 2.45) is 0 Å². The highest BCUT2D eigenvalue weighted by Gasteiger charge is 2.16. The highest BCUT2D eigenvalue weighted by molar-refractivity contribution is 5.96. The number of para-hydroxylation sites is 1. The summed E-state index contributed by atoms with van der Waals surface area (Å²) in [5.41, 5.74) is 0.530. The number of carbonyl (C=O) groups excluding carboxylic acids is 2. The van der Waals surface area contributed by atoms with Gasteiger partial charge in [0.1, 0.15) is 5.75 Å². The van der Waals surface area contributed by atoms with Crippen LogP contribution in [0.1, 0.15) is 30.1 Å². The van der Waals surface area contributed by atoms with Crippen LogP contribution >= 0.6 is 12.4 Å². The van der Waals surface area contributed by atoms with Gasteiger partial charge >= 0.3 is 0 Å². The van der Waals surface area contributed by atoms with Crippen LogP contribution < -0.4 is 15.4 Å². The van der Waals surface area contributed by atoms with Crippen molar-refractivity contribution in [3.05, 3.63) is 29.8 Å². The number of amides is 2. The molecule has 0 saturated carbocycles. The molecule has 1 aliphatic heterocycles. The number of halogens is 1. The standard InChI is InChI=1S/C17H25N3O3.ClH/c1-2-23-15-7-4-3-6-14(15)17(22)19-9-5-8-16(21)20-12-10-18-11-13-20;/h3-4,6-7,18H,2,5,8-13H2,1H3,(H,19,22);1H. The Bertz CT molecular complexity index is 534. The predicted octanol–water partition coefficient (Wildman–Crippen LogP) is 1.45. The minimum Gasteiger partial charge on any atom is -0.493 e. The Morgan fingerprint density at radius 3 is 2.67 bits per heavy atom. The van der Waals surface area contributed by atoms with Gasteiger partial charge in [0.05, 0.1) is 12.2 Å². The average Bonchev–Trinajstić information content (AvgIpc) is 2.60. The molecule has 2 rings (SSSR count). The van der Waals surface area contributed by atoms with E-state index >= 15 is 0 Å². The quantitative estimate of drug-likeness (QED) is 0.726. The number of benzene rings is 1. The normalized spacial score (nSPS) is 13.8. The molecule has 24 heavy (non-hydrogen) atoms. The minimum absolute atomic E-state index is 0. The summed E-state index contributed by atoms with van der Waals surface area (Å²) in [7, 11) is 0. The third-order valence-corrected chi connectivity index (χ3v) is 3.75. The Morgan fingerprint density at radius 2 is 1.96 bits per heavy atom. The molecule has 1 fully saturated rings. The van der Waals surface area contributed by atoms with Gasteiger partial charge in [-0.05, 0) is 25.5 Å². The van der Waals surface area contributed by atoms with E-state index < -0.39 is 0 Å². The molecule has 134 valence electrons. The monoisotopic (exact) mass is 355 g/mol. The summed E-state index contributed by atoms with van der Waals surface area (Å²) in [4.78, 5) is 26.1. The van der Waals surface area contributed by atoms with Crippen molar-refractivity contribution < 1.29 is 14.3 Å². The third-order valence-electron chi connectivity index (χ3n) is 3.75. The maximum absolute atomic E-state index is 12.2. The summed E-state index contributed by atoms with van der Waals surface area (Å²) in [5, 5.41) is 6.08. The highest BCUT2D eigenvalue weighted by Crippen LogP contribution is 2.17. The van der Waals surface area contributed by atoms with E-state index in [-0.39, 0.29) is 24.2 Å². The average molecular weight is 356 g/mol. The van der Waals surface area contributed by atoms with Crippen molar-refractivity contribution in [2.45, 2.75) is 19.8 Å². The number of piperazine rings is 1. The second kappa shape index (κ2) is 10.9. The van der Waals surface area contributed by atoms with Crippen molar-refractivity contribution in [1.82, 2.24) is 15.5 Å². The largest absolute Gasteiger partial charge is 0.493 e. The summed E-state index contributed by atoms with van der Waals surface area (Å²) >= 11 is 0. The summed E-state index contributed by atoms with van der Waals surface area (Å²) in [6.45, 7) is 6.14. The first-order valence-corrected chi connectivity index (χ1v) is 8.21.